The van der Waals surface area contributed by atoms with Crippen molar-refractivity contribution in [1.82, 2.24) is 9.80 Å². The molecule has 1 heterocycles. The fourth-order valence-electron chi connectivity index (χ4n) is 2.38. The molecule has 0 aromatic carbocycles. The van der Waals surface area contributed by atoms with E-state index in [1.807, 2.05) is 0 Å². The summed E-state index contributed by atoms with van der Waals surface area (Å²) in [6, 6.07) is 0. The quantitative estimate of drug-likeness (QED) is 0.732. The van der Waals surface area contributed by atoms with Crippen molar-refractivity contribution in [2.75, 3.05) is 45.8 Å². The number of nitrogens with two attached hydrogens (primary N) is 1. The second-order valence-electron chi connectivity index (χ2n) is 5.72. The van der Waals surface area contributed by atoms with Gasteiger partial charge in [0.15, 0.2) is 0 Å². The Morgan fingerprint density at radius 1 is 1.12 bits per heavy atom. The van der Waals surface area contributed by atoms with Crippen molar-refractivity contribution in [3.05, 3.63) is 0 Å². The number of hydrogen-bond donors (Lipinski definition) is 1. The lowest BCUT2D eigenvalue weighted by molar-refractivity contribution is 0.124. The van der Waals surface area contributed by atoms with Crippen molar-refractivity contribution in [2.24, 2.45) is 17.6 Å². The molecule has 94 valence electrons. The van der Waals surface area contributed by atoms with Crippen molar-refractivity contribution in [2.45, 2.75) is 26.2 Å². The van der Waals surface area contributed by atoms with Gasteiger partial charge in [0.1, 0.15) is 0 Å². The van der Waals surface area contributed by atoms with Gasteiger partial charge in [0, 0.05) is 32.7 Å². The summed E-state index contributed by atoms with van der Waals surface area (Å²) in [5.41, 5.74) is 5.64. The third-order valence-corrected chi connectivity index (χ3v) is 4.02. The average molecular weight is 225 g/mol. The molecule has 2 rings (SSSR count). The van der Waals surface area contributed by atoms with Gasteiger partial charge in [0.25, 0.3) is 0 Å². The van der Waals surface area contributed by atoms with Crippen molar-refractivity contribution >= 4 is 0 Å². The van der Waals surface area contributed by atoms with E-state index < -0.39 is 0 Å². The lowest BCUT2D eigenvalue weighted by Gasteiger charge is -2.35. The maximum Gasteiger partial charge on any atom is 0.0110 e. The highest BCUT2D eigenvalue weighted by Crippen LogP contribution is 2.29. The van der Waals surface area contributed by atoms with E-state index in [0.717, 1.165) is 12.5 Å². The van der Waals surface area contributed by atoms with Crippen molar-refractivity contribution < 1.29 is 0 Å². The molecule has 0 bridgehead atoms. The first-order valence-corrected chi connectivity index (χ1v) is 6.92. The summed E-state index contributed by atoms with van der Waals surface area (Å²) in [6.45, 7) is 10.8. The second-order valence-corrected chi connectivity index (χ2v) is 5.72. The molecule has 3 heteroatoms. The lowest BCUT2D eigenvalue weighted by Crippen LogP contribution is -2.47. The molecule has 1 saturated heterocycles. The first-order valence-electron chi connectivity index (χ1n) is 6.92. The number of piperazine rings is 1. The molecule has 0 amide bonds. The van der Waals surface area contributed by atoms with E-state index in [4.69, 9.17) is 5.73 Å². The van der Waals surface area contributed by atoms with Crippen LogP contribution in [0.1, 0.15) is 26.2 Å². The maximum absolute atomic E-state index is 5.64. The van der Waals surface area contributed by atoms with Gasteiger partial charge in [0.05, 0.1) is 0 Å². The zero-order valence-electron chi connectivity index (χ0n) is 10.7. The van der Waals surface area contributed by atoms with Gasteiger partial charge >= 0.3 is 0 Å². The van der Waals surface area contributed by atoms with E-state index in [-0.39, 0.29) is 0 Å². The summed E-state index contributed by atoms with van der Waals surface area (Å²) in [5.74, 6) is 1.73. The van der Waals surface area contributed by atoms with Crippen molar-refractivity contribution in [1.29, 1.82) is 0 Å². The first-order chi connectivity index (χ1) is 7.78. The SMILES string of the molecule is CC(CN)CCN1CCN(CC2CC2)CC1. The summed E-state index contributed by atoms with van der Waals surface area (Å²) >= 11 is 0. The molecule has 16 heavy (non-hydrogen) atoms. The van der Waals surface area contributed by atoms with E-state index >= 15 is 0 Å². The minimum absolute atomic E-state index is 0.685. The third-order valence-electron chi connectivity index (χ3n) is 4.02. The second kappa shape index (κ2) is 5.99. The molecule has 1 atom stereocenters. The summed E-state index contributed by atoms with van der Waals surface area (Å²) in [4.78, 5) is 5.26. The summed E-state index contributed by atoms with van der Waals surface area (Å²) in [5, 5.41) is 0. The third kappa shape index (κ3) is 4.04. The fraction of sp³-hybridized carbons (Fsp3) is 1.00. The van der Waals surface area contributed by atoms with Gasteiger partial charge in [-0.05, 0) is 44.2 Å². The summed E-state index contributed by atoms with van der Waals surface area (Å²) in [7, 11) is 0. The Balaban J connectivity index is 1.57. The van der Waals surface area contributed by atoms with Crippen LogP contribution in [-0.2, 0) is 0 Å². The Morgan fingerprint density at radius 3 is 2.31 bits per heavy atom. The smallest absolute Gasteiger partial charge is 0.0110 e. The Kier molecular flexibility index (Phi) is 4.62. The molecular weight excluding hydrogens is 198 g/mol. The highest BCUT2D eigenvalue weighted by molar-refractivity contribution is 4.80. The maximum atomic E-state index is 5.64. The Morgan fingerprint density at radius 2 is 1.75 bits per heavy atom. The van der Waals surface area contributed by atoms with E-state index in [9.17, 15) is 0 Å². The van der Waals surface area contributed by atoms with Crippen molar-refractivity contribution in [3.8, 4) is 0 Å². The predicted octanol–water partition coefficient (Wildman–Crippen LogP) is 0.999. The minimum Gasteiger partial charge on any atom is -0.330 e. The molecule has 1 unspecified atom stereocenters. The van der Waals surface area contributed by atoms with Crippen LogP contribution in [0.25, 0.3) is 0 Å². The van der Waals surface area contributed by atoms with Gasteiger partial charge in [-0.3, -0.25) is 0 Å². The van der Waals surface area contributed by atoms with Crippen LogP contribution in [0.5, 0.6) is 0 Å². The van der Waals surface area contributed by atoms with Gasteiger partial charge < -0.3 is 15.5 Å². The molecule has 1 aliphatic heterocycles. The Hall–Kier alpha value is -0.120. The van der Waals surface area contributed by atoms with Crippen LogP contribution in [0, 0.1) is 11.8 Å². The van der Waals surface area contributed by atoms with Gasteiger partial charge in [-0.25, -0.2) is 0 Å². The monoisotopic (exact) mass is 225 g/mol. The van der Waals surface area contributed by atoms with E-state index in [0.29, 0.717) is 5.92 Å². The lowest BCUT2D eigenvalue weighted by atomic mass is 10.1. The van der Waals surface area contributed by atoms with Crippen LogP contribution in [0.3, 0.4) is 0 Å². The molecule has 0 aromatic rings. The highest BCUT2D eigenvalue weighted by atomic mass is 15.3. The van der Waals surface area contributed by atoms with Crippen LogP contribution >= 0.6 is 0 Å². The molecule has 2 aliphatic rings. The Bertz CT molecular complexity index is 195. The number of hydrogen-bond acceptors (Lipinski definition) is 3. The largest absolute Gasteiger partial charge is 0.330 e. The zero-order valence-corrected chi connectivity index (χ0v) is 10.7. The molecule has 2 fully saturated rings. The topological polar surface area (TPSA) is 32.5 Å². The van der Waals surface area contributed by atoms with Crippen LogP contribution in [0.2, 0.25) is 0 Å². The van der Waals surface area contributed by atoms with Crippen LogP contribution < -0.4 is 5.73 Å². The molecule has 0 spiro atoms. The molecule has 0 radical (unpaired) electrons. The van der Waals surface area contributed by atoms with Gasteiger partial charge in [0.2, 0.25) is 0 Å². The van der Waals surface area contributed by atoms with Crippen LogP contribution in [-0.4, -0.2) is 55.6 Å². The van der Waals surface area contributed by atoms with Gasteiger partial charge in [-0.15, -0.1) is 0 Å². The molecule has 0 aromatic heterocycles. The van der Waals surface area contributed by atoms with E-state index in [2.05, 4.69) is 16.7 Å². The minimum atomic E-state index is 0.685. The van der Waals surface area contributed by atoms with Crippen molar-refractivity contribution in [3.63, 3.8) is 0 Å². The zero-order chi connectivity index (χ0) is 11.4. The van der Waals surface area contributed by atoms with Gasteiger partial charge in [-0.1, -0.05) is 6.92 Å². The normalized spacial score (nSPS) is 25.9. The van der Waals surface area contributed by atoms with Gasteiger partial charge in [-0.2, -0.15) is 0 Å². The molecule has 1 saturated carbocycles. The fourth-order valence-corrected chi connectivity index (χ4v) is 2.38. The average Bonchev–Trinajstić information content (AvgIpc) is 3.11. The molecular formula is C13H27N3. The Labute approximate surface area is 100.0 Å². The van der Waals surface area contributed by atoms with E-state index in [1.165, 1.54) is 58.5 Å². The number of rotatable bonds is 6. The molecule has 2 N–H and O–H groups in total. The predicted molar refractivity (Wildman–Crippen MR) is 68.4 cm³/mol. The summed E-state index contributed by atoms with van der Waals surface area (Å²) in [6.07, 6.45) is 4.22. The standard InChI is InChI=1S/C13H27N3/c1-12(10-14)4-5-15-6-8-16(9-7-15)11-13-2-3-13/h12-13H,2-11,14H2,1H3. The summed E-state index contributed by atoms with van der Waals surface area (Å²) < 4.78 is 0. The molecule has 3 nitrogen and oxygen atoms in total. The number of nitrogens with zero attached hydrogens (tertiary/aromatic N) is 2. The van der Waals surface area contributed by atoms with Crippen LogP contribution in [0.15, 0.2) is 0 Å². The van der Waals surface area contributed by atoms with Crippen LogP contribution in [0.4, 0.5) is 0 Å². The van der Waals surface area contributed by atoms with E-state index in [1.54, 1.807) is 0 Å². The molecule has 1 aliphatic carbocycles. The highest BCUT2D eigenvalue weighted by Gasteiger charge is 2.26. The first kappa shape index (κ1) is 12.3.